The summed E-state index contributed by atoms with van der Waals surface area (Å²) in [5, 5.41) is 10.4. The molecule has 0 saturated carbocycles. The number of halogens is 3. The predicted octanol–water partition coefficient (Wildman–Crippen LogP) is 2.27. The van der Waals surface area contributed by atoms with Crippen LogP contribution in [0, 0.1) is 0 Å². The lowest BCUT2D eigenvalue weighted by molar-refractivity contribution is -0.304. The Balaban J connectivity index is 3.13. The van der Waals surface area contributed by atoms with Crippen molar-refractivity contribution in [2.45, 2.75) is 6.42 Å². The van der Waals surface area contributed by atoms with E-state index in [1.165, 1.54) is 0 Å². The van der Waals surface area contributed by atoms with Crippen molar-refractivity contribution in [2.75, 3.05) is 0 Å². The molecule has 0 fully saturated rings. The Morgan fingerprint density at radius 1 is 1.23 bits per heavy atom. The summed E-state index contributed by atoms with van der Waals surface area (Å²) >= 11 is 9.84. The molecule has 0 aliphatic rings. The largest absolute Gasteiger partial charge is 0.550 e. The van der Waals surface area contributed by atoms with Crippen LogP contribution in [0.15, 0.2) is 25.6 Å². The quantitative estimate of drug-likeness (QED) is 0.800. The summed E-state index contributed by atoms with van der Waals surface area (Å²) < 4.78 is 2.38. The van der Waals surface area contributed by atoms with E-state index < -0.39 is 5.97 Å². The molecule has 0 N–H and O–H groups in total. The van der Waals surface area contributed by atoms with Crippen LogP contribution in [0.4, 0.5) is 0 Å². The van der Waals surface area contributed by atoms with E-state index in [1.807, 2.05) is 0 Å². The van der Waals surface area contributed by atoms with Gasteiger partial charge in [0.1, 0.15) is 0 Å². The van der Waals surface area contributed by atoms with E-state index in [0.29, 0.717) is 5.56 Å². The first-order valence-electron chi connectivity index (χ1n) is 3.34. The van der Waals surface area contributed by atoms with Crippen LogP contribution in [-0.2, 0) is 11.2 Å². The Kier molecular flexibility index (Phi) is 3.94. The number of aliphatic carboxylic acids is 1. The number of benzene rings is 1. The van der Waals surface area contributed by atoms with Gasteiger partial charge in [0.25, 0.3) is 0 Å². The Labute approximate surface area is 101 Å². The average molecular weight is 372 g/mol. The maximum Gasteiger partial charge on any atom is 0.0459 e. The number of rotatable bonds is 2. The van der Waals surface area contributed by atoms with Gasteiger partial charge >= 0.3 is 0 Å². The number of hydrogen-bond donors (Lipinski definition) is 0. The van der Waals surface area contributed by atoms with Crippen molar-refractivity contribution in [2.24, 2.45) is 0 Å². The first kappa shape index (κ1) is 11.2. The molecule has 0 radical (unpaired) electrons. The number of carboxylic acids is 1. The van der Waals surface area contributed by atoms with E-state index in [2.05, 4.69) is 47.8 Å². The van der Waals surface area contributed by atoms with Crippen LogP contribution in [0.2, 0.25) is 0 Å². The predicted molar refractivity (Wildman–Crippen MR) is 58.3 cm³/mol. The smallest absolute Gasteiger partial charge is 0.0459 e. The Hall–Kier alpha value is 0.130. The van der Waals surface area contributed by atoms with Crippen molar-refractivity contribution in [1.29, 1.82) is 0 Å². The van der Waals surface area contributed by atoms with Crippen molar-refractivity contribution in [1.82, 2.24) is 0 Å². The molecule has 1 aromatic rings. The number of hydrogen-bond acceptors (Lipinski definition) is 2. The van der Waals surface area contributed by atoms with Crippen molar-refractivity contribution in [3.63, 3.8) is 0 Å². The molecule has 2 nitrogen and oxygen atoms in total. The van der Waals surface area contributed by atoms with Gasteiger partial charge in [-0.1, -0.05) is 47.8 Å². The molecule has 0 aromatic heterocycles. The Morgan fingerprint density at radius 3 is 2.08 bits per heavy atom. The SMILES string of the molecule is O=C([O-])Cc1c(Br)cc(Br)cc1Br. The molecule has 0 unspecified atom stereocenters. The maximum absolute atomic E-state index is 10.4. The molecular formula is C8H4Br3O2-. The maximum atomic E-state index is 10.4. The highest BCUT2D eigenvalue weighted by Gasteiger charge is 2.06. The van der Waals surface area contributed by atoms with E-state index in [-0.39, 0.29) is 6.42 Å². The zero-order chi connectivity index (χ0) is 10.0. The van der Waals surface area contributed by atoms with Crippen LogP contribution in [0.5, 0.6) is 0 Å². The van der Waals surface area contributed by atoms with Crippen LogP contribution in [0.1, 0.15) is 5.56 Å². The monoisotopic (exact) mass is 369 g/mol. The second kappa shape index (κ2) is 4.57. The summed E-state index contributed by atoms with van der Waals surface area (Å²) in [4.78, 5) is 10.4. The van der Waals surface area contributed by atoms with Crippen molar-refractivity contribution >= 4 is 53.8 Å². The third kappa shape index (κ3) is 3.07. The lowest BCUT2D eigenvalue weighted by Gasteiger charge is -2.08. The zero-order valence-corrected chi connectivity index (χ0v) is 11.1. The van der Waals surface area contributed by atoms with Crippen LogP contribution in [0.25, 0.3) is 0 Å². The van der Waals surface area contributed by atoms with Crippen molar-refractivity contribution in [3.05, 3.63) is 31.1 Å². The third-order valence-electron chi connectivity index (χ3n) is 1.43. The summed E-state index contributed by atoms with van der Waals surface area (Å²) in [6, 6.07) is 3.59. The summed E-state index contributed by atoms with van der Waals surface area (Å²) in [6.45, 7) is 0. The van der Waals surface area contributed by atoms with E-state index in [9.17, 15) is 9.90 Å². The normalized spacial score (nSPS) is 10.1. The molecule has 0 amide bonds. The lowest BCUT2D eigenvalue weighted by atomic mass is 10.1. The fourth-order valence-electron chi connectivity index (χ4n) is 0.885. The van der Waals surface area contributed by atoms with Gasteiger partial charge in [-0.25, -0.2) is 0 Å². The molecule has 13 heavy (non-hydrogen) atoms. The van der Waals surface area contributed by atoms with E-state index in [1.54, 1.807) is 12.1 Å². The second-order valence-corrected chi connectivity index (χ2v) is 5.02. The average Bonchev–Trinajstić information content (AvgIpc) is 1.96. The van der Waals surface area contributed by atoms with Gasteiger partial charge in [-0.15, -0.1) is 0 Å². The van der Waals surface area contributed by atoms with Gasteiger partial charge in [0.15, 0.2) is 0 Å². The lowest BCUT2D eigenvalue weighted by Crippen LogP contribution is -2.24. The molecule has 0 bridgehead atoms. The van der Waals surface area contributed by atoms with Gasteiger partial charge in [0.2, 0.25) is 0 Å². The molecule has 0 aliphatic heterocycles. The highest BCUT2D eigenvalue weighted by atomic mass is 79.9. The van der Waals surface area contributed by atoms with Crippen LogP contribution >= 0.6 is 47.8 Å². The molecule has 0 saturated heterocycles. The summed E-state index contributed by atoms with van der Waals surface area (Å²) in [5.41, 5.74) is 0.684. The number of carbonyl (C=O) groups excluding carboxylic acids is 1. The molecule has 1 aromatic carbocycles. The van der Waals surface area contributed by atoms with E-state index >= 15 is 0 Å². The molecule has 70 valence electrons. The Bertz CT molecular complexity index is 326. The minimum absolute atomic E-state index is 0.103. The fraction of sp³-hybridized carbons (Fsp3) is 0.125. The van der Waals surface area contributed by atoms with E-state index in [0.717, 1.165) is 13.4 Å². The standard InChI is InChI=1S/C8H5Br3O2/c9-4-1-6(10)5(3-8(12)13)7(11)2-4/h1-2H,3H2,(H,12,13)/p-1. The topological polar surface area (TPSA) is 40.1 Å². The zero-order valence-electron chi connectivity index (χ0n) is 6.31. The molecule has 1 rings (SSSR count). The molecule has 0 spiro atoms. The third-order valence-corrected chi connectivity index (χ3v) is 3.30. The number of carboxylic acid groups (broad SMARTS) is 1. The van der Waals surface area contributed by atoms with Crippen LogP contribution in [0.3, 0.4) is 0 Å². The highest BCUT2D eigenvalue weighted by Crippen LogP contribution is 2.29. The molecule has 0 atom stereocenters. The molecule has 5 heteroatoms. The van der Waals surface area contributed by atoms with Gasteiger partial charge in [-0.2, -0.15) is 0 Å². The van der Waals surface area contributed by atoms with Gasteiger partial charge in [0, 0.05) is 25.8 Å². The molecule has 0 aliphatic carbocycles. The minimum atomic E-state index is -1.09. The second-order valence-electron chi connectivity index (χ2n) is 2.40. The Morgan fingerprint density at radius 2 is 1.69 bits per heavy atom. The van der Waals surface area contributed by atoms with E-state index in [4.69, 9.17) is 0 Å². The van der Waals surface area contributed by atoms with Gasteiger partial charge in [-0.05, 0) is 17.7 Å². The summed E-state index contributed by atoms with van der Waals surface area (Å²) in [7, 11) is 0. The first-order valence-corrected chi connectivity index (χ1v) is 5.72. The van der Waals surface area contributed by atoms with Gasteiger partial charge in [0.05, 0.1) is 0 Å². The van der Waals surface area contributed by atoms with Crippen molar-refractivity contribution < 1.29 is 9.90 Å². The van der Waals surface area contributed by atoms with Crippen LogP contribution < -0.4 is 5.11 Å². The highest BCUT2D eigenvalue weighted by molar-refractivity contribution is 9.11. The van der Waals surface area contributed by atoms with Gasteiger partial charge in [-0.3, -0.25) is 0 Å². The molecular weight excluding hydrogens is 368 g/mol. The van der Waals surface area contributed by atoms with Crippen molar-refractivity contribution in [3.8, 4) is 0 Å². The first-order chi connectivity index (χ1) is 6.00. The summed E-state index contributed by atoms with van der Waals surface area (Å²) in [6.07, 6.45) is -0.103. The fourth-order valence-corrected chi connectivity index (χ4v) is 3.42. The summed E-state index contributed by atoms with van der Waals surface area (Å²) in [5.74, 6) is -1.09. The minimum Gasteiger partial charge on any atom is -0.550 e. The van der Waals surface area contributed by atoms with Gasteiger partial charge < -0.3 is 9.90 Å². The number of carbonyl (C=O) groups is 1. The molecule has 0 heterocycles. The van der Waals surface area contributed by atoms with Crippen LogP contribution in [-0.4, -0.2) is 5.97 Å².